The average Bonchev–Trinajstić information content (AvgIpc) is 2.88. The van der Waals surface area contributed by atoms with E-state index in [0.29, 0.717) is 17.0 Å². The summed E-state index contributed by atoms with van der Waals surface area (Å²) in [6.45, 7) is 4.07. The second-order valence-electron chi connectivity index (χ2n) is 4.29. The molecule has 1 heterocycles. The molecular weight excluding hydrogens is 296 g/mol. The van der Waals surface area contributed by atoms with Crippen molar-refractivity contribution in [3.05, 3.63) is 41.9 Å². The molecule has 2 rings (SSSR count). The number of hydrogen-bond donors (Lipinski definition) is 0. The van der Waals surface area contributed by atoms with Crippen LogP contribution in [-0.4, -0.2) is 18.4 Å². The molecule has 0 fully saturated rings. The summed E-state index contributed by atoms with van der Waals surface area (Å²) in [5.41, 5.74) is 1.26. The van der Waals surface area contributed by atoms with E-state index in [1.165, 1.54) is 12.1 Å². The van der Waals surface area contributed by atoms with Crippen molar-refractivity contribution in [2.24, 2.45) is 0 Å². The highest BCUT2D eigenvalue weighted by Crippen LogP contribution is 2.51. The molecule has 0 radical (unpaired) electrons. The first kappa shape index (κ1) is 15.9. The Balaban J connectivity index is 2.15. The molecule has 21 heavy (non-hydrogen) atoms. The molecule has 0 saturated carbocycles. The van der Waals surface area contributed by atoms with Crippen LogP contribution < -0.4 is 0 Å². The Hall–Kier alpha value is -1.49. The fourth-order valence-corrected chi connectivity index (χ4v) is 3.43. The predicted molar refractivity (Wildman–Crippen MR) is 76.5 cm³/mol. The van der Waals surface area contributed by atoms with Crippen LogP contribution >= 0.6 is 7.60 Å². The van der Waals surface area contributed by atoms with E-state index in [4.69, 9.17) is 13.6 Å². The van der Waals surface area contributed by atoms with Gasteiger partial charge in [-0.05, 0) is 38.1 Å². The molecule has 0 spiro atoms. The van der Waals surface area contributed by atoms with E-state index in [0.717, 1.165) is 0 Å². The summed E-state index contributed by atoms with van der Waals surface area (Å²) >= 11 is 0. The SMILES string of the molecule is CCOP(=O)(Cc1cc(-c2ccc(F)cc2)no1)OCC. The molecular formula is C14H17FNO4P. The van der Waals surface area contributed by atoms with Gasteiger partial charge in [0.05, 0.1) is 13.2 Å². The van der Waals surface area contributed by atoms with Crippen molar-refractivity contribution < 1.29 is 22.5 Å². The summed E-state index contributed by atoms with van der Waals surface area (Å²) in [5.74, 6) is 0.0826. The smallest absolute Gasteiger partial charge is 0.338 e. The zero-order valence-electron chi connectivity index (χ0n) is 11.9. The fraction of sp³-hybridized carbons (Fsp3) is 0.357. The van der Waals surface area contributed by atoms with Crippen LogP contribution in [0.4, 0.5) is 4.39 Å². The monoisotopic (exact) mass is 313 g/mol. The van der Waals surface area contributed by atoms with E-state index >= 15 is 0 Å². The Morgan fingerprint density at radius 2 is 1.81 bits per heavy atom. The Bertz CT molecular complexity index is 616. The van der Waals surface area contributed by atoms with Crippen molar-refractivity contribution in [3.8, 4) is 11.3 Å². The van der Waals surface area contributed by atoms with Gasteiger partial charge in [0.15, 0.2) is 0 Å². The molecule has 5 nitrogen and oxygen atoms in total. The summed E-state index contributed by atoms with van der Waals surface area (Å²) in [4.78, 5) is 0. The largest absolute Gasteiger partial charge is 0.360 e. The van der Waals surface area contributed by atoms with Crippen LogP contribution in [0.5, 0.6) is 0 Å². The van der Waals surface area contributed by atoms with Gasteiger partial charge in [0, 0.05) is 11.6 Å². The molecule has 0 saturated heterocycles. The minimum absolute atomic E-state index is 0.0167. The highest BCUT2D eigenvalue weighted by Gasteiger charge is 2.26. The van der Waals surface area contributed by atoms with Crippen LogP contribution in [0, 0.1) is 5.82 Å². The van der Waals surface area contributed by atoms with Crippen molar-refractivity contribution >= 4 is 7.60 Å². The molecule has 0 aliphatic rings. The summed E-state index contributed by atoms with van der Waals surface area (Å²) in [5, 5.41) is 3.89. The number of hydrogen-bond acceptors (Lipinski definition) is 5. The number of benzene rings is 1. The standard InChI is InChI=1S/C14H17FNO4P/c1-3-18-21(17,19-4-2)10-13-9-14(16-20-13)11-5-7-12(15)8-6-11/h5-9H,3-4,10H2,1-2H3. The first-order valence-electron chi connectivity index (χ1n) is 6.66. The molecule has 0 amide bonds. The molecule has 1 aromatic heterocycles. The minimum atomic E-state index is -3.22. The topological polar surface area (TPSA) is 61.6 Å². The molecule has 1 aromatic carbocycles. The van der Waals surface area contributed by atoms with Crippen molar-refractivity contribution in [1.29, 1.82) is 0 Å². The van der Waals surface area contributed by atoms with Gasteiger partial charge in [-0.2, -0.15) is 0 Å². The number of aromatic nitrogens is 1. The van der Waals surface area contributed by atoms with E-state index in [1.54, 1.807) is 32.0 Å². The second kappa shape index (κ2) is 6.98. The van der Waals surface area contributed by atoms with E-state index in [2.05, 4.69) is 5.16 Å². The maximum Gasteiger partial charge on any atom is 0.338 e. The van der Waals surface area contributed by atoms with Gasteiger partial charge in [-0.15, -0.1) is 0 Å². The maximum atomic E-state index is 12.9. The molecule has 2 aromatic rings. The average molecular weight is 313 g/mol. The van der Waals surface area contributed by atoms with E-state index in [1.807, 2.05) is 0 Å². The quantitative estimate of drug-likeness (QED) is 0.715. The van der Waals surface area contributed by atoms with E-state index < -0.39 is 7.60 Å². The molecule has 0 N–H and O–H groups in total. The Morgan fingerprint density at radius 1 is 1.19 bits per heavy atom. The molecule has 0 aliphatic carbocycles. The lowest BCUT2D eigenvalue weighted by Crippen LogP contribution is -1.98. The van der Waals surface area contributed by atoms with E-state index in [-0.39, 0.29) is 25.2 Å². The Labute approximate surface area is 122 Å². The van der Waals surface area contributed by atoms with Crippen molar-refractivity contribution in [1.82, 2.24) is 5.16 Å². The van der Waals surface area contributed by atoms with Crippen LogP contribution in [-0.2, 0) is 19.8 Å². The minimum Gasteiger partial charge on any atom is -0.360 e. The first-order valence-corrected chi connectivity index (χ1v) is 8.38. The summed E-state index contributed by atoms with van der Waals surface area (Å²) < 4.78 is 40.8. The van der Waals surface area contributed by atoms with Gasteiger partial charge in [-0.3, -0.25) is 4.57 Å². The fourth-order valence-electron chi connectivity index (χ4n) is 1.86. The zero-order chi connectivity index (χ0) is 15.3. The highest BCUT2D eigenvalue weighted by atomic mass is 31.2. The summed E-state index contributed by atoms with van der Waals surface area (Å²) in [6.07, 6.45) is 0.0167. The van der Waals surface area contributed by atoms with Crippen molar-refractivity contribution in [2.45, 2.75) is 20.0 Å². The lowest BCUT2D eigenvalue weighted by atomic mass is 10.1. The van der Waals surface area contributed by atoms with Gasteiger partial charge in [0.2, 0.25) is 0 Å². The summed E-state index contributed by atoms with van der Waals surface area (Å²) in [7, 11) is -3.22. The summed E-state index contributed by atoms with van der Waals surface area (Å²) in [6, 6.07) is 7.53. The molecule has 7 heteroatoms. The third-order valence-electron chi connectivity index (χ3n) is 2.70. The molecule has 0 unspecified atom stereocenters. The Morgan fingerprint density at radius 3 is 2.38 bits per heavy atom. The van der Waals surface area contributed by atoms with Crippen LogP contribution in [0.3, 0.4) is 0 Å². The Kier molecular flexibility index (Phi) is 5.28. The first-order chi connectivity index (χ1) is 10.1. The van der Waals surface area contributed by atoms with Gasteiger partial charge in [0.25, 0.3) is 0 Å². The molecule has 0 bridgehead atoms. The molecule has 0 aliphatic heterocycles. The third kappa shape index (κ3) is 4.24. The zero-order valence-corrected chi connectivity index (χ0v) is 12.8. The lowest BCUT2D eigenvalue weighted by Gasteiger charge is -2.14. The number of halogens is 1. The highest BCUT2D eigenvalue weighted by molar-refractivity contribution is 7.53. The maximum absolute atomic E-state index is 12.9. The van der Waals surface area contributed by atoms with Crippen LogP contribution in [0.25, 0.3) is 11.3 Å². The van der Waals surface area contributed by atoms with Gasteiger partial charge in [-0.25, -0.2) is 4.39 Å². The lowest BCUT2D eigenvalue weighted by molar-refractivity contribution is 0.216. The van der Waals surface area contributed by atoms with Crippen molar-refractivity contribution in [2.75, 3.05) is 13.2 Å². The normalized spacial score (nSPS) is 11.8. The predicted octanol–water partition coefficient (Wildman–Crippen LogP) is 4.25. The number of rotatable bonds is 7. The third-order valence-corrected chi connectivity index (χ3v) is 4.70. The molecule has 0 atom stereocenters. The van der Waals surface area contributed by atoms with Crippen LogP contribution in [0.1, 0.15) is 19.6 Å². The number of nitrogens with zero attached hydrogens (tertiary/aromatic N) is 1. The van der Waals surface area contributed by atoms with Gasteiger partial charge >= 0.3 is 7.60 Å². The van der Waals surface area contributed by atoms with Crippen LogP contribution in [0.15, 0.2) is 34.9 Å². The van der Waals surface area contributed by atoms with Gasteiger partial charge in [-0.1, -0.05) is 5.16 Å². The van der Waals surface area contributed by atoms with Gasteiger partial charge in [0.1, 0.15) is 23.4 Å². The molecule has 114 valence electrons. The van der Waals surface area contributed by atoms with Crippen LogP contribution in [0.2, 0.25) is 0 Å². The second-order valence-corrected chi connectivity index (χ2v) is 6.34. The van der Waals surface area contributed by atoms with E-state index in [9.17, 15) is 8.96 Å². The van der Waals surface area contributed by atoms with Crippen molar-refractivity contribution in [3.63, 3.8) is 0 Å². The van der Waals surface area contributed by atoms with Gasteiger partial charge < -0.3 is 13.6 Å².